The van der Waals surface area contributed by atoms with Gasteiger partial charge in [0.25, 0.3) is 0 Å². The van der Waals surface area contributed by atoms with E-state index in [9.17, 15) is 0 Å². The molecular weight excluding hydrogens is 358 g/mol. The second-order valence-electron chi connectivity index (χ2n) is 4.79. The molecule has 0 unspecified atom stereocenters. The molecule has 100 valence electrons. The molecule has 2 nitrogen and oxygen atoms in total. The van der Waals surface area contributed by atoms with E-state index in [4.69, 9.17) is 4.74 Å². The standard InChI is InChI=1S/C14H19Br2NO/c1-18-10-11-4-6-17(7-5-11)14-3-2-13(16)8-12(14)9-15/h2-3,8,11H,4-7,9-10H2,1H3. The van der Waals surface area contributed by atoms with Gasteiger partial charge in [-0.1, -0.05) is 31.9 Å². The molecule has 1 fully saturated rings. The summed E-state index contributed by atoms with van der Waals surface area (Å²) in [6.07, 6.45) is 2.46. The number of methoxy groups -OCH3 is 1. The number of piperidine rings is 1. The van der Waals surface area contributed by atoms with Crippen LogP contribution < -0.4 is 4.90 Å². The van der Waals surface area contributed by atoms with E-state index in [1.54, 1.807) is 7.11 Å². The highest BCUT2D eigenvalue weighted by Crippen LogP contribution is 2.30. The van der Waals surface area contributed by atoms with Crippen LogP contribution in [-0.2, 0) is 10.1 Å². The van der Waals surface area contributed by atoms with E-state index < -0.39 is 0 Å². The molecule has 0 N–H and O–H groups in total. The van der Waals surface area contributed by atoms with Gasteiger partial charge in [0.2, 0.25) is 0 Å². The molecule has 1 heterocycles. The molecule has 0 atom stereocenters. The Morgan fingerprint density at radius 2 is 2.06 bits per heavy atom. The Bertz CT molecular complexity index is 389. The molecule has 0 saturated carbocycles. The number of anilines is 1. The van der Waals surface area contributed by atoms with Crippen LogP contribution in [0.2, 0.25) is 0 Å². The number of ether oxygens (including phenoxy) is 1. The average Bonchev–Trinajstić information content (AvgIpc) is 2.40. The molecule has 18 heavy (non-hydrogen) atoms. The predicted molar refractivity (Wildman–Crippen MR) is 83.6 cm³/mol. The first-order valence-corrected chi connectivity index (χ1v) is 8.24. The number of hydrogen-bond donors (Lipinski definition) is 0. The van der Waals surface area contributed by atoms with Crippen LogP contribution in [0.1, 0.15) is 18.4 Å². The topological polar surface area (TPSA) is 12.5 Å². The molecule has 0 spiro atoms. The summed E-state index contributed by atoms with van der Waals surface area (Å²) in [5.74, 6) is 0.731. The van der Waals surface area contributed by atoms with E-state index in [-0.39, 0.29) is 0 Å². The molecule has 4 heteroatoms. The maximum Gasteiger partial charge on any atom is 0.0491 e. The Morgan fingerprint density at radius 3 is 2.67 bits per heavy atom. The number of halogens is 2. The highest BCUT2D eigenvalue weighted by atomic mass is 79.9. The zero-order valence-corrected chi connectivity index (χ0v) is 13.8. The predicted octanol–water partition coefficient (Wildman–Crippen LogP) is 4.21. The van der Waals surface area contributed by atoms with Gasteiger partial charge in [0, 0.05) is 42.3 Å². The van der Waals surface area contributed by atoms with Crippen molar-refractivity contribution in [2.45, 2.75) is 18.2 Å². The van der Waals surface area contributed by atoms with Crippen molar-refractivity contribution >= 4 is 37.5 Å². The minimum Gasteiger partial charge on any atom is -0.384 e. The van der Waals surface area contributed by atoms with Crippen LogP contribution >= 0.6 is 31.9 Å². The largest absolute Gasteiger partial charge is 0.384 e. The molecule has 0 amide bonds. The lowest BCUT2D eigenvalue weighted by Crippen LogP contribution is -2.35. The van der Waals surface area contributed by atoms with Crippen molar-refractivity contribution in [3.8, 4) is 0 Å². The normalized spacial score (nSPS) is 17.2. The number of alkyl halides is 1. The average molecular weight is 377 g/mol. The summed E-state index contributed by atoms with van der Waals surface area (Å²) in [7, 11) is 1.80. The van der Waals surface area contributed by atoms with Crippen molar-refractivity contribution < 1.29 is 4.74 Å². The number of rotatable bonds is 4. The van der Waals surface area contributed by atoms with Gasteiger partial charge in [-0.15, -0.1) is 0 Å². The second-order valence-corrected chi connectivity index (χ2v) is 6.27. The maximum atomic E-state index is 5.25. The lowest BCUT2D eigenvalue weighted by atomic mass is 9.97. The highest BCUT2D eigenvalue weighted by Gasteiger charge is 2.20. The second kappa shape index (κ2) is 6.92. The molecule has 1 saturated heterocycles. The molecule has 1 aromatic carbocycles. The van der Waals surface area contributed by atoms with Crippen molar-refractivity contribution in [1.29, 1.82) is 0 Å². The van der Waals surface area contributed by atoms with Crippen LogP contribution in [0.25, 0.3) is 0 Å². The van der Waals surface area contributed by atoms with Crippen molar-refractivity contribution in [2.75, 3.05) is 31.7 Å². The van der Waals surface area contributed by atoms with Crippen molar-refractivity contribution in [3.63, 3.8) is 0 Å². The van der Waals surface area contributed by atoms with Crippen LogP contribution in [0.15, 0.2) is 22.7 Å². The molecule has 1 aliphatic rings. The fraction of sp³-hybridized carbons (Fsp3) is 0.571. The minimum atomic E-state index is 0.731. The Kier molecular flexibility index (Phi) is 5.52. The Balaban J connectivity index is 2.05. The summed E-state index contributed by atoms with van der Waals surface area (Å²) in [5.41, 5.74) is 2.72. The SMILES string of the molecule is COCC1CCN(c2ccc(Br)cc2CBr)CC1. The Hall–Kier alpha value is -0.0600. The zero-order chi connectivity index (χ0) is 13.0. The molecule has 2 rings (SSSR count). The Morgan fingerprint density at radius 1 is 1.33 bits per heavy atom. The van der Waals surface area contributed by atoms with E-state index in [2.05, 4.69) is 55.0 Å². The van der Waals surface area contributed by atoms with Crippen LogP contribution in [-0.4, -0.2) is 26.8 Å². The third-order valence-corrected chi connectivity index (χ3v) is 4.64. The van der Waals surface area contributed by atoms with Gasteiger partial charge in [-0.25, -0.2) is 0 Å². The third-order valence-electron chi connectivity index (χ3n) is 3.54. The quantitative estimate of drug-likeness (QED) is 0.730. The molecule has 0 aromatic heterocycles. The van der Waals surface area contributed by atoms with Gasteiger partial charge in [-0.05, 0) is 42.5 Å². The van der Waals surface area contributed by atoms with Crippen LogP contribution in [0.5, 0.6) is 0 Å². The molecule has 1 aliphatic heterocycles. The summed E-state index contributed by atoms with van der Waals surface area (Å²) < 4.78 is 6.40. The first-order valence-electron chi connectivity index (χ1n) is 6.33. The summed E-state index contributed by atoms with van der Waals surface area (Å²) in [4.78, 5) is 2.50. The first-order chi connectivity index (χ1) is 8.74. The highest BCUT2D eigenvalue weighted by molar-refractivity contribution is 9.10. The zero-order valence-electron chi connectivity index (χ0n) is 10.7. The fourth-order valence-electron chi connectivity index (χ4n) is 2.55. The molecule has 0 radical (unpaired) electrons. The third kappa shape index (κ3) is 3.49. The van der Waals surface area contributed by atoms with Gasteiger partial charge in [-0.2, -0.15) is 0 Å². The van der Waals surface area contributed by atoms with Crippen molar-refractivity contribution in [2.24, 2.45) is 5.92 Å². The summed E-state index contributed by atoms with van der Waals surface area (Å²) >= 11 is 7.11. The molecule has 0 aliphatic carbocycles. The molecular formula is C14H19Br2NO. The molecule has 1 aromatic rings. The van der Waals surface area contributed by atoms with E-state index in [0.29, 0.717) is 0 Å². The first kappa shape index (κ1) is 14.4. The number of nitrogens with zero attached hydrogens (tertiary/aromatic N) is 1. The van der Waals surface area contributed by atoms with E-state index in [1.165, 1.54) is 24.1 Å². The monoisotopic (exact) mass is 375 g/mol. The van der Waals surface area contributed by atoms with E-state index >= 15 is 0 Å². The number of hydrogen-bond acceptors (Lipinski definition) is 2. The molecule has 0 bridgehead atoms. The van der Waals surface area contributed by atoms with Gasteiger partial charge >= 0.3 is 0 Å². The Labute approximate surface area is 126 Å². The summed E-state index contributed by atoms with van der Waals surface area (Å²) in [6.45, 7) is 3.17. The van der Waals surface area contributed by atoms with Gasteiger partial charge in [0.15, 0.2) is 0 Å². The fourth-order valence-corrected chi connectivity index (χ4v) is 3.40. The van der Waals surface area contributed by atoms with Crippen LogP contribution in [0.3, 0.4) is 0 Å². The van der Waals surface area contributed by atoms with Gasteiger partial charge in [0.05, 0.1) is 0 Å². The lowest BCUT2D eigenvalue weighted by molar-refractivity contribution is 0.139. The van der Waals surface area contributed by atoms with E-state index in [0.717, 1.165) is 35.4 Å². The summed E-state index contributed by atoms with van der Waals surface area (Å²) in [6, 6.07) is 6.55. The van der Waals surface area contributed by atoms with Crippen LogP contribution in [0.4, 0.5) is 5.69 Å². The van der Waals surface area contributed by atoms with E-state index in [1.807, 2.05) is 0 Å². The van der Waals surface area contributed by atoms with Crippen molar-refractivity contribution in [3.05, 3.63) is 28.2 Å². The van der Waals surface area contributed by atoms with Crippen LogP contribution in [0, 0.1) is 5.92 Å². The maximum absolute atomic E-state index is 5.25. The van der Waals surface area contributed by atoms with Gasteiger partial charge < -0.3 is 9.64 Å². The lowest BCUT2D eigenvalue weighted by Gasteiger charge is -2.34. The van der Waals surface area contributed by atoms with Crippen molar-refractivity contribution in [1.82, 2.24) is 0 Å². The van der Waals surface area contributed by atoms with Gasteiger partial charge in [-0.3, -0.25) is 0 Å². The van der Waals surface area contributed by atoms with Gasteiger partial charge in [0.1, 0.15) is 0 Å². The number of benzene rings is 1. The minimum absolute atomic E-state index is 0.731. The summed E-state index contributed by atoms with van der Waals surface area (Å²) in [5, 5.41) is 0.903. The smallest absolute Gasteiger partial charge is 0.0491 e.